The fourth-order valence-corrected chi connectivity index (χ4v) is 6.18. The number of aromatic nitrogens is 1. The van der Waals surface area contributed by atoms with Gasteiger partial charge in [-0.05, 0) is 47.5 Å². The highest BCUT2D eigenvalue weighted by atomic mass is 32.2. The van der Waals surface area contributed by atoms with Crippen LogP contribution < -0.4 is 10.1 Å². The summed E-state index contributed by atoms with van der Waals surface area (Å²) in [7, 11) is -4.43. The standard InChI is InChI=1S/C29H29F5N4O5S.C2H6/c1-2-28(30,31)22-5-3-21(4-6-22)18-36-27(40)25-19-37(26(39)17-20-11-13-35-14-12-20)15-16-38(25)44(41,42)24-9-7-23(8-10-24)43-29(32,33)34;1-2/h3-14,25H,2,15-19H2,1H3,(H,36,40);1-2H3/t25-;/m1./s1. The first-order valence-corrected chi connectivity index (χ1v) is 15.9. The van der Waals surface area contributed by atoms with Gasteiger partial charge in [-0.1, -0.05) is 45.0 Å². The number of hydrogen-bond donors (Lipinski definition) is 1. The molecule has 0 spiro atoms. The minimum Gasteiger partial charge on any atom is -0.406 e. The Bertz CT molecular complexity index is 1550. The van der Waals surface area contributed by atoms with E-state index in [0.717, 1.165) is 28.6 Å². The fraction of sp³-hybridized carbons (Fsp3) is 0.387. The van der Waals surface area contributed by atoms with Crippen molar-refractivity contribution >= 4 is 21.8 Å². The average Bonchev–Trinajstić information content (AvgIpc) is 3.04. The van der Waals surface area contributed by atoms with E-state index in [9.17, 15) is 40.0 Å². The Hall–Kier alpha value is -4.11. The summed E-state index contributed by atoms with van der Waals surface area (Å²) in [6, 6.07) is 10.8. The largest absolute Gasteiger partial charge is 0.573 e. The van der Waals surface area contributed by atoms with Gasteiger partial charge in [0.2, 0.25) is 21.8 Å². The molecule has 250 valence electrons. The maximum absolute atomic E-state index is 14.0. The zero-order valence-electron chi connectivity index (χ0n) is 25.4. The van der Waals surface area contributed by atoms with Crippen LogP contribution in [0.2, 0.25) is 0 Å². The summed E-state index contributed by atoms with van der Waals surface area (Å²) in [5, 5.41) is 2.61. The normalized spacial score (nSPS) is 15.8. The van der Waals surface area contributed by atoms with Gasteiger partial charge < -0.3 is 15.0 Å². The second kappa shape index (κ2) is 15.5. The molecular weight excluding hydrogens is 635 g/mol. The number of benzene rings is 2. The second-order valence-electron chi connectivity index (χ2n) is 10.00. The Kier molecular flexibility index (Phi) is 12.2. The number of rotatable bonds is 10. The van der Waals surface area contributed by atoms with Gasteiger partial charge in [-0.15, -0.1) is 13.2 Å². The first-order chi connectivity index (χ1) is 21.7. The Morgan fingerprint density at radius 1 is 0.913 bits per heavy atom. The maximum Gasteiger partial charge on any atom is 0.573 e. The molecule has 15 heteroatoms. The summed E-state index contributed by atoms with van der Waals surface area (Å²) in [5.74, 6) is -4.75. The van der Waals surface area contributed by atoms with Gasteiger partial charge in [0.05, 0.1) is 11.3 Å². The lowest BCUT2D eigenvalue weighted by Crippen LogP contribution is -2.61. The number of sulfonamides is 1. The van der Waals surface area contributed by atoms with Crippen LogP contribution in [0, 0.1) is 0 Å². The van der Waals surface area contributed by atoms with Crippen molar-refractivity contribution in [1.29, 1.82) is 0 Å². The first kappa shape index (κ1) is 36.4. The number of alkyl halides is 5. The number of amides is 2. The van der Waals surface area contributed by atoms with E-state index in [4.69, 9.17) is 0 Å². The minimum atomic E-state index is -4.97. The van der Waals surface area contributed by atoms with Crippen LogP contribution in [0.4, 0.5) is 22.0 Å². The second-order valence-corrected chi connectivity index (χ2v) is 11.9. The van der Waals surface area contributed by atoms with Gasteiger partial charge in [0, 0.05) is 50.6 Å². The molecule has 1 fully saturated rings. The van der Waals surface area contributed by atoms with Crippen molar-refractivity contribution in [2.45, 2.75) is 63.4 Å². The predicted octanol–water partition coefficient (Wildman–Crippen LogP) is 5.27. The van der Waals surface area contributed by atoms with Crippen molar-refractivity contribution < 1.29 is 44.7 Å². The van der Waals surface area contributed by atoms with Gasteiger partial charge in [-0.3, -0.25) is 14.6 Å². The van der Waals surface area contributed by atoms with E-state index in [1.54, 1.807) is 12.1 Å². The molecule has 0 radical (unpaired) electrons. The number of piperazine rings is 1. The monoisotopic (exact) mass is 670 g/mol. The quantitative estimate of drug-likeness (QED) is 0.295. The lowest BCUT2D eigenvalue weighted by atomic mass is 10.0. The molecule has 4 rings (SSSR count). The van der Waals surface area contributed by atoms with Crippen molar-refractivity contribution in [3.63, 3.8) is 0 Å². The molecule has 2 aromatic carbocycles. The lowest BCUT2D eigenvalue weighted by Gasteiger charge is -2.39. The summed E-state index contributed by atoms with van der Waals surface area (Å²) in [6.45, 7) is 4.62. The van der Waals surface area contributed by atoms with Crippen molar-refractivity contribution in [3.05, 3.63) is 89.7 Å². The van der Waals surface area contributed by atoms with E-state index in [2.05, 4.69) is 15.0 Å². The molecule has 0 unspecified atom stereocenters. The van der Waals surface area contributed by atoms with E-state index < -0.39 is 40.0 Å². The van der Waals surface area contributed by atoms with Crippen LogP contribution in [-0.4, -0.2) is 66.5 Å². The number of ether oxygens (including phenoxy) is 1. The Morgan fingerprint density at radius 3 is 2.09 bits per heavy atom. The maximum atomic E-state index is 14.0. The van der Waals surface area contributed by atoms with E-state index in [0.29, 0.717) is 11.1 Å². The molecule has 1 atom stereocenters. The van der Waals surface area contributed by atoms with Gasteiger partial charge >= 0.3 is 6.36 Å². The molecule has 46 heavy (non-hydrogen) atoms. The smallest absolute Gasteiger partial charge is 0.406 e. The molecule has 1 aliphatic heterocycles. The molecule has 0 aliphatic carbocycles. The third-order valence-electron chi connectivity index (χ3n) is 7.04. The number of nitrogens with one attached hydrogen (secondary N) is 1. The van der Waals surface area contributed by atoms with Gasteiger partial charge in [0.1, 0.15) is 11.8 Å². The average molecular weight is 671 g/mol. The van der Waals surface area contributed by atoms with Gasteiger partial charge in [-0.2, -0.15) is 4.31 Å². The molecule has 1 saturated heterocycles. The van der Waals surface area contributed by atoms with Crippen LogP contribution in [0.25, 0.3) is 0 Å². The van der Waals surface area contributed by atoms with Crippen LogP contribution in [-0.2, 0) is 38.5 Å². The van der Waals surface area contributed by atoms with Gasteiger partial charge in [0.25, 0.3) is 5.92 Å². The number of nitrogens with zero attached hydrogens (tertiary/aromatic N) is 3. The molecule has 1 aromatic heterocycles. The van der Waals surface area contributed by atoms with E-state index >= 15 is 0 Å². The first-order valence-electron chi connectivity index (χ1n) is 14.5. The zero-order chi connectivity index (χ0) is 34.1. The van der Waals surface area contributed by atoms with Crippen LogP contribution in [0.3, 0.4) is 0 Å². The molecule has 0 saturated carbocycles. The summed E-state index contributed by atoms with van der Waals surface area (Å²) >= 11 is 0. The molecule has 3 aromatic rings. The summed E-state index contributed by atoms with van der Waals surface area (Å²) in [5.41, 5.74) is 0.957. The topological polar surface area (TPSA) is 109 Å². The number of carbonyl (C=O) groups is 2. The summed E-state index contributed by atoms with van der Waals surface area (Å²) in [4.78, 5) is 31.4. The van der Waals surface area contributed by atoms with Crippen LogP contribution >= 0.6 is 0 Å². The zero-order valence-corrected chi connectivity index (χ0v) is 26.2. The third-order valence-corrected chi connectivity index (χ3v) is 8.96. The molecule has 9 nitrogen and oxygen atoms in total. The summed E-state index contributed by atoms with van der Waals surface area (Å²) in [6.07, 6.45) is -2.34. The fourth-order valence-electron chi connectivity index (χ4n) is 4.61. The molecule has 2 heterocycles. The van der Waals surface area contributed by atoms with Gasteiger partial charge in [0.15, 0.2) is 0 Å². The predicted molar refractivity (Wildman–Crippen MR) is 159 cm³/mol. The van der Waals surface area contributed by atoms with Crippen LogP contribution in [0.1, 0.15) is 43.9 Å². The SMILES string of the molecule is CC.CCC(F)(F)c1ccc(CNC(=O)[C@H]2CN(C(=O)Cc3ccncc3)CCN2S(=O)(=O)c2ccc(OC(F)(F)F)cc2)cc1. The van der Waals surface area contributed by atoms with E-state index in [1.165, 1.54) is 48.5 Å². The number of pyridine rings is 1. The molecule has 1 aliphatic rings. The highest BCUT2D eigenvalue weighted by Gasteiger charge is 2.41. The van der Waals surface area contributed by atoms with Gasteiger partial charge in [-0.25, -0.2) is 17.2 Å². The van der Waals surface area contributed by atoms with Crippen molar-refractivity contribution in [2.75, 3.05) is 19.6 Å². The lowest BCUT2D eigenvalue weighted by molar-refractivity contribution is -0.274. The van der Waals surface area contributed by atoms with E-state index in [-0.39, 0.29) is 55.4 Å². The Labute approximate surface area is 264 Å². The molecule has 0 bridgehead atoms. The van der Waals surface area contributed by atoms with Crippen LogP contribution in [0.5, 0.6) is 5.75 Å². The summed E-state index contributed by atoms with van der Waals surface area (Å²) < 4.78 is 97.6. The number of halogens is 5. The van der Waals surface area contributed by atoms with Crippen molar-refractivity contribution in [1.82, 2.24) is 19.5 Å². The third kappa shape index (κ3) is 9.45. The van der Waals surface area contributed by atoms with Crippen molar-refractivity contribution in [2.24, 2.45) is 0 Å². The van der Waals surface area contributed by atoms with Crippen molar-refractivity contribution in [3.8, 4) is 5.75 Å². The number of hydrogen-bond acceptors (Lipinski definition) is 6. The highest BCUT2D eigenvalue weighted by molar-refractivity contribution is 7.89. The number of carbonyl (C=O) groups excluding carboxylic acids is 2. The Morgan fingerprint density at radius 2 is 1.52 bits per heavy atom. The molecule has 1 N–H and O–H groups in total. The Balaban J connectivity index is 0.00000282. The molecular formula is C31H35F5N4O5S. The van der Waals surface area contributed by atoms with E-state index in [1.807, 2.05) is 13.8 Å². The van der Waals surface area contributed by atoms with Crippen LogP contribution in [0.15, 0.2) is 78.0 Å². The minimum absolute atomic E-state index is 0.0149. The molecule has 2 amide bonds. The highest BCUT2D eigenvalue weighted by Crippen LogP contribution is 2.31.